The van der Waals surface area contributed by atoms with Crippen LogP contribution in [0.3, 0.4) is 0 Å². The number of carbonyl (C=O) groups is 1. The summed E-state index contributed by atoms with van der Waals surface area (Å²) in [5.41, 5.74) is 1.57. The number of carboxylic acids is 1. The zero-order valence-corrected chi connectivity index (χ0v) is 10.9. The van der Waals surface area contributed by atoms with E-state index in [9.17, 15) is 4.79 Å². The Balaban J connectivity index is 2.53. The van der Waals surface area contributed by atoms with Crippen molar-refractivity contribution in [2.45, 2.75) is 26.2 Å². The van der Waals surface area contributed by atoms with E-state index in [-0.39, 0.29) is 6.42 Å². The van der Waals surface area contributed by atoms with E-state index in [0.717, 1.165) is 12.0 Å². The average molecular weight is 271 g/mol. The molecule has 0 spiro atoms. The first-order valence-electron chi connectivity index (χ1n) is 5.95. The third-order valence-electron chi connectivity index (χ3n) is 2.86. The Hall–Kier alpha value is -1.42. The van der Waals surface area contributed by atoms with Crippen molar-refractivity contribution < 1.29 is 19.4 Å². The van der Waals surface area contributed by atoms with Crippen LogP contribution >= 0.6 is 11.6 Å². The summed E-state index contributed by atoms with van der Waals surface area (Å²) < 4.78 is 11.2. The van der Waals surface area contributed by atoms with Crippen LogP contribution in [0, 0.1) is 0 Å². The molecule has 2 rings (SSSR count). The van der Waals surface area contributed by atoms with Crippen LogP contribution in [-0.2, 0) is 17.6 Å². The van der Waals surface area contributed by atoms with E-state index in [1.807, 2.05) is 6.92 Å². The Kier molecular flexibility index (Phi) is 3.97. The molecule has 18 heavy (non-hydrogen) atoms. The maximum Gasteiger partial charge on any atom is 0.307 e. The van der Waals surface area contributed by atoms with Crippen molar-refractivity contribution in [1.29, 1.82) is 0 Å². The van der Waals surface area contributed by atoms with Crippen LogP contribution < -0.4 is 9.47 Å². The third-order valence-corrected chi connectivity index (χ3v) is 3.14. The normalized spacial score (nSPS) is 14.1. The summed E-state index contributed by atoms with van der Waals surface area (Å²) in [4.78, 5) is 10.9. The fourth-order valence-electron chi connectivity index (χ4n) is 2.10. The molecule has 1 aliphatic heterocycles. The van der Waals surface area contributed by atoms with E-state index < -0.39 is 5.97 Å². The van der Waals surface area contributed by atoms with E-state index in [1.54, 1.807) is 6.07 Å². The smallest absolute Gasteiger partial charge is 0.307 e. The van der Waals surface area contributed by atoms with Crippen molar-refractivity contribution in [2.24, 2.45) is 0 Å². The molecule has 1 heterocycles. The van der Waals surface area contributed by atoms with Gasteiger partial charge in [0.1, 0.15) is 0 Å². The fourth-order valence-corrected chi connectivity index (χ4v) is 2.37. The minimum absolute atomic E-state index is 0.0560. The highest BCUT2D eigenvalue weighted by Gasteiger charge is 2.21. The lowest BCUT2D eigenvalue weighted by Crippen LogP contribution is -2.06. The molecule has 0 aromatic heterocycles. The number of fused-ring (bicyclic) bond motifs is 1. The molecule has 1 aliphatic rings. The highest BCUT2D eigenvalue weighted by atomic mass is 35.5. The quantitative estimate of drug-likeness (QED) is 0.917. The Morgan fingerprint density at radius 2 is 2.06 bits per heavy atom. The highest BCUT2D eigenvalue weighted by Crippen LogP contribution is 2.42. The number of hydrogen-bond donors (Lipinski definition) is 1. The first-order valence-corrected chi connectivity index (χ1v) is 6.33. The van der Waals surface area contributed by atoms with Gasteiger partial charge in [0.25, 0.3) is 0 Å². The van der Waals surface area contributed by atoms with Crippen molar-refractivity contribution in [1.82, 2.24) is 0 Å². The van der Waals surface area contributed by atoms with Gasteiger partial charge in [0.15, 0.2) is 11.5 Å². The van der Waals surface area contributed by atoms with Crippen LogP contribution in [-0.4, -0.2) is 24.3 Å². The molecule has 0 atom stereocenters. The van der Waals surface area contributed by atoms with Crippen LogP contribution in [0.5, 0.6) is 11.5 Å². The summed E-state index contributed by atoms with van der Waals surface area (Å²) in [7, 11) is 0. The third kappa shape index (κ3) is 2.53. The summed E-state index contributed by atoms with van der Waals surface area (Å²) in [6.07, 6.45) is 1.42. The molecule has 4 nitrogen and oxygen atoms in total. The maximum absolute atomic E-state index is 10.9. The van der Waals surface area contributed by atoms with Gasteiger partial charge in [0.05, 0.1) is 24.7 Å². The lowest BCUT2D eigenvalue weighted by atomic mass is 10.0. The zero-order valence-electron chi connectivity index (χ0n) is 10.2. The minimum Gasteiger partial charge on any atom is -0.489 e. The van der Waals surface area contributed by atoms with E-state index in [4.69, 9.17) is 26.2 Å². The molecule has 0 saturated carbocycles. The Bertz CT molecular complexity index is 471. The van der Waals surface area contributed by atoms with E-state index in [1.165, 1.54) is 0 Å². The van der Waals surface area contributed by atoms with Gasteiger partial charge in [0, 0.05) is 12.0 Å². The van der Waals surface area contributed by atoms with Crippen LogP contribution in [0.4, 0.5) is 0 Å². The Morgan fingerprint density at radius 3 is 2.67 bits per heavy atom. The van der Waals surface area contributed by atoms with Crippen LogP contribution in [0.2, 0.25) is 5.02 Å². The molecule has 0 radical (unpaired) electrons. The van der Waals surface area contributed by atoms with Gasteiger partial charge in [0.2, 0.25) is 0 Å². The predicted octanol–water partition coefficient (Wildman–Crippen LogP) is 2.69. The second-order valence-electron chi connectivity index (χ2n) is 4.13. The highest BCUT2D eigenvalue weighted by molar-refractivity contribution is 6.32. The van der Waals surface area contributed by atoms with Gasteiger partial charge < -0.3 is 14.6 Å². The second-order valence-corrected chi connectivity index (χ2v) is 4.54. The fraction of sp³-hybridized carbons (Fsp3) is 0.462. The molecular formula is C13H15ClO4. The van der Waals surface area contributed by atoms with E-state index >= 15 is 0 Å². The molecule has 0 unspecified atom stereocenters. The number of halogens is 1. The number of hydrogen-bond acceptors (Lipinski definition) is 3. The van der Waals surface area contributed by atoms with Crippen LogP contribution in [0.25, 0.3) is 0 Å². The second kappa shape index (κ2) is 5.48. The number of rotatable bonds is 3. The monoisotopic (exact) mass is 270 g/mol. The Morgan fingerprint density at radius 1 is 1.39 bits per heavy atom. The standard InChI is InChI=1S/C13H15ClO4/c1-2-9-8(7-11(15)16)6-10(14)13-12(9)17-4-3-5-18-13/h6H,2-5,7H2,1H3,(H,15,16). The first kappa shape index (κ1) is 13.0. The summed E-state index contributed by atoms with van der Waals surface area (Å²) >= 11 is 6.13. The zero-order chi connectivity index (χ0) is 13.1. The van der Waals surface area contributed by atoms with Gasteiger partial charge in [-0.1, -0.05) is 18.5 Å². The van der Waals surface area contributed by atoms with Gasteiger partial charge >= 0.3 is 5.97 Å². The lowest BCUT2D eigenvalue weighted by molar-refractivity contribution is -0.136. The molecule has 1 aromatic rings. The largest absolute Gasteiger partial charge is 0.489 e. The Labute approximate surface area is 110 Å². The molecule has 0 aliphatic carbocycles. The van der Waals surface area contributed by atoms with Gasteiger partial charge in [-0.05, 0) is 18.1 Å². The number of carboxylic acid groups (broad SMARTS) is 1. The summed E-state index contributed by atoms with van der Waals surface area (Å²) in [5.74, 6) is 0.272. The molecule has 0 fully saturated rings. The summed E-state index contributed by atoms with van der Waals surface area (Å²) in [5, 5.41) is 9.34. The van der Waals surface area contributed by atoms with E-state index in [0.29, 0.717) is 41.7 Å². The van der Waals surface area contributed by atoms with Crippen molar-refractivity contribution in [2.75, 3.05) is 13.2 Å². The van der Waals surface area contributed by atoms with Crippen molar-refractivity contribution >= 4 is 17.6 Å². The number of benzene rings is 1. The van der Waals surface area contributed by atoms with Crippen molar-refractivity contribution in [3.05, 3.63) is 22.2 Å². The van der Waals surface area contributed by atoms with Gasteiger partial charge in [-0.3, -0.25) is 4.79 Å². The molecular weight excluding hydrogens is 256 g/mol. The molecule has 0 saturated heterocycles. The molecule has 98 valence electrons. The average Bonchev–Trinajstić information content (AvgIpc) is 2.54. The van der Waals surface area contributed by atoms with Crippen molar-refractivity contribution in [3.8, 4) is 11.5 Å². The summed E-state index contributed by atoms with van der Waals surface area (Å²) in [6.45, 7) is 3.09. The van der Waals surface area contributed by atoms with Gasteiger partial charge in [-0.15, -0.1) is 0 Å². The van der Waals surface area contributed by atoms with E-state index in [2.05, 4.69) is 0 Å². The SMILES string of the molecule is CCc1c(CC(=O)O)cc(Cl)c2c1OCCCO2. The lowest BCUT2D eigenvalue weighted by Gasteiger charge is -2.16. The topological polar surface area (TPSA) is 55.8 Å². The molecule has 0 amide bonds. The molecule has 1 aromatic carbocycles. The van der Waals surface area contributed by atoms with Crippen LogP contribution in [0.15, 0.2) is 6.07 Å². The molecule has 1 N–H and O–H groups in total. The predicted molar refractivity (Wildman–Crippen MR) is 67.8 cm³/mol. The first-order chi connectivity index (χ1) is 8.63. The van der Waals surface area contributed by atoms with Gasteiger partial charge in [-0.25, -0.2) is 0 Å². The van der Waals surface area contributed by atoms with Crippen LogP contribution in [0.1, 0.15) is 24.5 Å². The van der Waals surface area contributed by atoms with Gasteiger partial charge in [-0.2, -0.15) is 0 Å². The molecule has 0 bridgehead atoms. The maximum atomic E-state index is 10.9. The van der Waals surface area contributed by atoms with Crippen molar-refractivity contribution in [3.63, 3.8) is 0 Å². The minimum atomic E-state index is -0.879. The summed E-state index contributed by atoms with van der Waals surface area (Å²) in [6, 6.07) is 1.67. The number of aliphatic carboxylic acids is 1. The number of ether oxygens (including phenoxy) is 2. The molecule has 5 heteroatoms.